The monoisotopic (exact) mass is 270 g/mol. The summed E-state index contributed by atoms with van der Waals surface area (Å²) < 4.78 is 5.18. The number of methoxy groups -OCH3 is 1. The molecule has 3 N–H and O–H groups in total. The number of amides is 1. The van der Waals surface area contributed by atoms with E-state index in [1.165, 1.54) is 0 Å². The number of hydrogen-bond acceptors (Lipinski definition) is 3. The summed E-state index contributed by atoms with van der Waals surface area (Å²) >= 11 is 5.91. The Morgan fingerprint density at radius 2 is 2.22 bits per heavy atom. The Kier molecular flexibility index (Phi) is 4.99. The second kappa shape index (κ2) is 6.07. The molecule has 0 aromatic heterocycles. The summed E-state index contributed by atoms with van der Waals surface area (Å²) in [5, 5.41) is 3.36. The van der Waals surface area contributed by atoms with Crippen LogP contribution in [0.25, 0.3) is 0 Å². The number of anilines is 1. The van der Waals surface area contributed by atoms with Gasteiger partial charge in [0.1, 0.15) is 5.75 Å². The highest BCUT2D eigenvalue weighted by Gasteiger charge is 2.30. The quantitative estimate of drug-likeness (QED) is 0.865. The Morgan fingerprint density at radius 3 is 2.72 bits per heavy atom. The molecule has 1 amide bonds. The molecule has 0 aliphatic carbocycles. The predicted molar refractivity (Wildman–Crippen MR) is 74.1 cm³/mol. The van der Waals surface area contributed by atoms with Gasteiger partial charge in [0.2, 0.25) is 5.91 Å². The van der Waals surface area contributed by atoms with Crippen molar-refractivity contribution in [3.8, 4) is 5.75 Å². The highest BCUT2D eigenvalue weighted by molar-refractivity contribution is 6.31. The zero-order chi connectivity index (χ0) is 13.8. The van der Waals surface area contributed by atoms with Crippen molar-refractivity contribution in [3.05, 3.63) is 23.2 Å². The molecule has 0 aliphatic rings. The molecule has 1 unspecified atom stereocenters. The van der Waals surface area contributed by atoms with Crippen molar-refractivity contribution in [1.82, 2.24) is 0 Å². The van der Waals surface area contributed by atoms with Gasteiger partial charge in [-0.05, 0) is 31.5 Å². The van der Waals surface area contributed by atoms with Crippen molar-refractivity contribution >= 4 is 23.2 Å². The first-order chi connectivity index (χ1) is 8.46. The van der Waals surface area contributed by atoms with Crippen LogP contribution in [0.2, 0.25) is 5.02 Å². The molecule has 0 fully saturated rings. The zero-order valence-electron chi connectivity index (χ0n) is 10.9. The molecule has 1 rings (SSSR count). The van der Waals surface area contributed by atoms with Crippen LogP contribution in [0.4, 0.5) is 5.69 Å². The van der Waals surface area contributed by atoms with E-state index in [1.54, 1.807) is 25.3 Å². The van der Waals surface area contributed by atoms with E-state index in [0.717, 1.165) is 0 Å². The number of ether oxygens (including phenoxy) is 1. The summed E-state index contributed by atoms with van der Waals surface area (Å²) in [6.45, 7) is 4.05. The zero-order valence-corrected chi connectivity index (χ0v) is 11.7. The lowest BCUT2D eigenvalue weighted by Crippen LogP contribution is -2.39. The molecular weight excluding hydrogens is 252 g/mol. The number of rotatable bonds is 5. The maximum Gasteiger partial charge on any atom is 0.231 e. The lowest BCUT2D eigenvalue weighted by Gasteiger charge is -2.25. The molecule has 1 atom stereocenters. The van der Waals surface area contributed by atoms with Crippen molar-refractivity contribution in [1.29, 1.82) is 0 Å². The van der Waals surface area contributed by atoms with Crippen LogP contribution in [-0.4, -0.2) is 19.6 Å². The first kappa shape index (κ1) is 14.8. The topological polar surface area (TPSA) is 64.4 Å². The third kappa shape index (κ3) is 3.15. The van der Waals surface area contributed by atoms with E-state index in [2.05, 4.69) is 5.32 Å². The van der Waals surface area contributed by atoms with Crippen LogP contribution in [0.15, 0.2) is 18.2 Å². The van der Waals surface area contributed by atoms with Gasteiger partial charge < -0.3 is 15.8 Å². The Morgan fingerprint density at radius 1 is 1.56 bits per heavy atom. The minimum atomic E-state index is -0.590. The van der Waals surface area contributed by atoms with Gasteiger partial charge >= 0.3 is 0 Å². The van der Waals surface area contributed by atoms with Crippen LogP contribution in [0, 0.1) is 5.41 Å². The van der Waals surface area contributed by atoms with E-state index in [9.17, 15) is 4.79 Å². The number of hydrogen-bond donors (Lipinski definition) is 2. The van der Waals surface area contributed by atoms with Gasteiger partial charge in [-0.2, -0.15) is 0 Å². The molecular formula is C13H19ClN2O2. The van der Waals surface area contributed by atoms with Crippen molar-refractivity contribution in [2.24, 2.45) is 11.1 Å². The molecule has 1 aromatic rings. The van der Waals surface area contributed by atoms with E-state index >= 15 is 0 Å². The second-order valence-corrected chi connectivity index (χ2v) is 4.85. The maximum absolute atomic E-state index is 12.2. The molecule has 0 heterocycles. The molecule has 0 aliphatic heterocycles. The van der Waals surface area contributed by atoms with Crippen molar-refractivity contribution in [2.45, 2.75) is 20.3 Å². The molecule has 5 heteroatoms. The van der Waals surface area contributed by atoms with Gasteiger partial charge in [-0.3, -0.25) is 4.79 Å². The third-order valence-corrected chi connectivity index (χ3v) is 3.42. The van der Waals surface area contributed by atoms with E-state index in [4.69, 9.17) is 22.1 Å². The summed E-state index contributed by atoms with van der Waals surface area (Å²) in [5.74, 6) is 0.441. The average Bonchev–Trinajstić information content (AvgIpc) is 2.38. The standard InChI is InChI=1S/C13H19ClN2O2/c1-4-13(2,8-15)12(17)16-10-7-9(14)5-6-11(10)18-3/h5-7H,4,8,15H2,1-3H3,(H,16,17). The average molecular weight is 271 g/mol. The van der Waals surface area contributed by atoms with Crippen LogP contribution in [0.1, 0.15) is 20.3 Å². The number of halogens is 1. The van der Waals surface area contributed by atoms with Crippen molar-refractivity contribution in [3.63, 3.8) is 0 Å². The Hall–Kier alpha value is -1.26. The smallest absolute Gasteiger partial charge is 0.231 e. The largest absolute Gasteiger partial charge is 0.495 e. The van der Waals surface area contributed by atoms with Crippen LogP contribution >= 0.6 is 11.6 Å². The first-order valence-corrected chi connectivity index (χ1v) is 6.19. The Balaban J connectivity index is 2.97. The second-order valence-electron chi connectivity index (χ2n) is 4.42. The van der Waals surface area contributed by atoms with Gasteiger partial charge in [-0.1, -0.05) is 18.5 Å². The summed E-state index contributed by atoms with van der Waals surface area (Å²) in [6.07, 6.45) is 0.665. The van der Waals surface area contributed by atoms with E-state index in [0.29, 0.717) is 22.9 Å². The summed E-state index contributed by atoms with van der Waals surface area (Å²) in [6, 6.07) is 5.08. The maximum atomic E-state index is 12.2. The molecule has 0 bridgehead atoms. The van der Waals surface area contributed by atoms with E-state index in [1.807, 2.05) is 13.8 Å². The highest BCUT2D eigenvalue weighted by atomic mass is 35.5. The first-order valence-electron chi connectivity index (χ1n) is 5.82. The Labute approximate surface area is 112 Å². The predicted octanol–water partition coefficient (Wildman–Crippen LogP) is 2.66. The minimum Gasteiger partial charge on any atom is -0.495 e. The summed E-state index contributed by atoms with van der Waals surface area (Å²) in [4.78, 5) is 12.2. The lowest BCUT2D eigenvalue weighted by atomic mass is 9.86. The number of benzene rings is 1. The number of carbonyl (C=O) groups is 1. The third-order valence-electron chi connectivity index (χ3n) is 3.19. The van der Waals surface area contributed by atoms with Gasteiger partial charge in [-0.15, -0.1) is 0 Å². The number of carbonyl (C=O) groups excluding carboxylic acids is 1. The van der Waals surface area contributed by atoms with E-state index < -0.39 is 5.41 Å². The normalized spacial score (nSPS) is 13.8. The van der Waals surface area contributed by atoms with Crippen molar-refractivity contribution in [2.75, 3.05) is 19.0 Å². The van der Waals surface area contributed by atoms with Gasteiger partial charge in [0.05, 0.1) is 18.2 Å². The molecule has 100 valence electrons. The van der Waals surface area contributed by atoms with Crippen LogP contribution in [0.3, 0.4) is 0 Å². The molecule has 0 saturated heterocycles. The SMILES string of the molecule is CCC(C)(CN)C(=O)Nc1cc(Cl)ccc1OC. The lowest BCUT2D eigenvalue weighted by molar-refractivity contribution is -0.124. The highest BCUT2D eigenvalue weighted by Crippen LogP contribution is 2.30. The van der Waals surface area contributed by atoms with Gasteiger partial charge in [0.15, 0.2) is 0 Å². The van der Waals surface area contributed by atoms with Gasteiger partial charge in [-0.25, -0.2) is 0 Å². The Bertz CT molecular complexity index is 431. The molecule has 0 spiro atoms. The van der Waals surface area contributed by atoms with Crippen molar-refractivity contribution < 1.29 is 9.53 Å². The number of nitrogens with two attached hydrogens (primary N) is 1. The fraction of sp³-hybridized carbons (Fsp3) is 0.462. The fourth-order valence-electron chi connectivity index (χ4n) is 1.45. The molecule has 1 aromatic carbocycles. The summed E-state index contributed by atoms with van der Waals surface area (Å²) in [5.41, 5.74) is 5.62. The molecule has 4 nitrogen and oxygen atoms in total. The fourth-order valence-corrected chi connectivity index (χ4v) is 1.62. The van der Waals surface area contributed by atoms with Crippen LogP contribution in [0.5, 0.6) is 5.75 Å². The van der Waals surface area contributed by atoms with Crippen LogP contribution in [-0.2, 0) is 4.79 Å². The molecule has 0 radical (unpaired) electrons. The van der Waals surface area contributed by atoms with Gasteiger partial charge in [0.25, 0.3) is 0 Å². The summed E-state index contributed by atoms with van der Waals surface area (Å²) in [7, 11) is 1.54. The molecule has 0 saturated carbocycles. The van der Waals surface area contributed by atoms with Crippen LogP contribution < -0.4 is 15.8 Å². The molecule has 18 heavy (non-hydrogen) atoms. The number of nitrogens with one attached hydrogen (secondary N) is 1. The van der Waals surface area contributed by atoms with E-state index in [-0.39, 0.29) is 12.5 Å². The minimum absolute atomic E-state index is 0.131. The van der Waals surface area contributed by atoms with Gasteiger partial charge in [0, 0.05) is 11.6 Å².